The van der Waals surface area contributed by atoms with Crippen molar-refractivity contribution in [3.63, 3.8) is 0 Å². The molecule has 0 bridgehead atoms. The average molecular weight is 266 g/mol. The fraction of sp³-hybridized carbons (Fsp3) is 0.600. The number of likely N-dealkylation sites (N-methyl/N-ethyl adjacent to an activating group) is 1. The van der Waals surface area contributed by atoms with Gasteiger partial charge in [-0.25, -0.2) is 0 Å². The van der Waals surface area contributed by atoms with E-state index in [9.17, 15) is 5.11 Å². The van der Waals surface area contributed by atoms with Crippen molar-refractivity contribution < 1.29 is 19.6 Å². The van der Waals surface area contributed by atoms with Crippen LogP contribution >= 0.6 is 0 Å². The summed E-state index contributed by atoms with van der Waals surface area (Å²) in [5, 5.41) is 10.0. The van der Waals surface area contributed by atoms with Crippen molar-refractivity contribution >= 4 is 0 Å². The Hall–Kier alpha value is -1.10. The molecule has 1 saturated heterocycles. The van der Waals surface area contributed by atoms with E-state index in [0.29, 0.717) is 6.61 Å². The number of rotatable bonds is 6. The van der Waals surface area contributed by atoms with E-state index in [1.807, 2.05) is 30.3 Å². The van der Waals surface area contributed by atoms with E-state index in [1.165, 1.54) is 24.5 Å². The zero-order valence-electron chi connectivity index (χ0n) is 11.8. The molecule has 4 nitrogen and oxygen atoms in total. The summed E-state index contributed by atoms with van der Waals surface area (Å²) < 4.78 is 5.58. The maximum absolute atomic E-state index is 10.0. The van der Waals surface area contributed by atoms with Crippen LogP contribution in [0.1, 0.15) is 6.92 Å². The normalized spacial score (nSPS) is 24.9. The van der Waals surface area contributed by atoms with Crippen LogP contribution in [-0.2, 0) is 0 Å². The molecular formula is C15H26N2O2+2. The number of hydrogen-bond donors (Lipinski definition) is 3. The van der Waals surface area contributed by atoms with Crippen LogP contribution in [0.4, 0.5) is 0 Å². The van der Waals surface area contributed by atoms with Gasteiger partial charge in [0, 0.05) is 0 Å². The van der Waals surface area contributed by atoms with Gasteiger partial charge in [0.1, 0.15) is 51.2 Å². The molecule has 1 atom stereocenters. The lowest BCUT2D eigenvalue weighted by Gasteiger charge is -2.30. The molecule has 106 valence electrons. The molecule has 0 aliphatic carbocycles. The van der Waals surface area contributed by atoms with Crippen molar-refractivity contribution in [3.8, 4) is 5.75 Å². The smallest absolute Gasteiger partial charge is 0.137 e. The predicted octanol–water partition coefficient (Wildman–Crippen LogP) is -1.77. The molecule has 1 aliphatic rings. The lowest BCUT2D eigenvalue weighted by atomic mass is 10.2. The summed E-state index contributed by atoms with van der Waals surface area (Å²) in [5.41, 5.74) is 0. The summed E-state index contributed by atoms with van der Waals surface area (Å²) in [7, 11) is 0. The van der Waals surface area contributed by atoms with Crippen molar-refractivity contribution in [3.05, 3.63) is 30.3 Å². The third-order valence-corrected chi connectivity index (χ3v) is 3.87. The summed E-state index contributed by atoms with van der Waals surface area (Å²) >= 11 is 0. The molecule has 0 unspecified atom stereocenters. The first-order valence-electron chi connectivity index (χ1n) is 7.31. The van der Waals surface area contributed by atoms with E-state index in [4.69, 9.17) is 4.74 Å². The Kier molecular flexibility index (Phi) is 5.63. The second-order valence-corrected chi connectivity index (χ2v) is 5.34. The van der Waals surface area contributed by atoms with E-state index in [1.54, 1.807) is 4.90 Å². The number of nitrogens with one attached hydrogen (secondary N) is 2. The van der Waals surface area contributed by atoms with E-state index in [0.717, 1.165) is 25.4 Å². The van der Waals surface area contributed by atoms with E-state index < -0.39 is 0 Å². The average Bonchev–Trinajstić information content (AvgIpc) is 2.47. The van der Waals surface area contributed by atoms with Crippen LogP contribution in [0, 0.1) is 0 Å². The summed E-state index contributed by atoms with van der Waals surface area (Å²) in [6, 6.07) is 9.69. The molecule has 1 aromatic carbocycles. The number of ether oxygens (including phenoxy) is 1. The lowest BCUT2D eigenvalue weighted by Crippen LogP contribution is -3.28. The number of hydrogen-bond acceptors (Lipinski definition) is 2. The van der Waals surface area contributed by atoms with Gasteiger partial charge in [-0.1, -0.05) is 18.2 Å². The van der Waals surface area contributed by atoms with Gasteiger partial charge in [-0.3, -0.25) is 0 Å². The number of benzene rings is 1. The summed E-state index contributed by atoms with van der Waals surface area (Å²) in [6.07, 6.45) is -0.376. The van der Waals surface area contributed by atoms with Crippen LogP contribution in [0.15, 0.2) is 30.3 Å². The van der Waals surface area contributed by atoms with Gasteiger partial charge in [0.2, 0.25) is 0 Å². The molecule has 1 aromatic rings. The highest BCUT2D eigenvalue weighted by molar-refractivity contribution is 5.20. The third-order valence-electron chi connectivity index (χ3n) is 3.87. The van der Waals surface area contributed by atoms with Crippen molar-refractivity contribution in [2.75, 3.05) is 45.9 Å². The van der Waals surface area contributed by atoms with Crippen molar-refractivity contribution in [1.82, 2.24) is 0 Å². The predicted molar refractivity (Wildman–Crippen MR) is 74.7 cm³/mol. The third kappa shape index (κ3) is 4.82. The van der Waals surface area contributed by atoms with Crippen LogP contribution in [0.3, 0.4) is 0 Å². The maximum atomic E-state index is 10.0. The van der Waals surface area contributed by atoms with Gasteiger partial charge < -0.3 is 19.6 Å². The van der Waals surface area contributed by atoms with Crippen LogP contribution in [-0.4, -0.2) is 57.1 Å². The Balaban J connectivity index is 1.66. The molecule has 3 N–H and O–H groups in total. The van der Waals surface area contributed by atoms with E-state index in [-0.39, 0.29) is 6.10 Å². The molecule has 1 fully saturated rings. The summed E-state index contributed by atoms with van der Waals surface area (Å²) in [5.74, 6) is 0.830. The van der Waals surface area contributed by atoms with Crippen molar-refractivity contribution in [2.24, 2.45) is 0 Å². The second-order valence-electron chi connectivity index (χ2n) is 5.34. The standard InChI is InChI=1S/C15H24N2O2/c1-2-16-8-10-17(11-9-16)12-14(18)13-19-15-6-4-3-5-7-15/h3-7,14,18H,2,8-13H2,1H3/p+2/t14-/m1/s1. The first-order chi connectivity index (χ1) is 9.28. The van der Waals surface area contributed by atoms with Gasteiger partial charge in [0.05, 0.1) is 6.54 Å². The minimum atomic E-state index is -0.376. The fourth-order valence-electron chi connectivity index (χ4n) is 2.62. The molecule has 0 spiro atoms. The van der Waals surface area contributed by atoms with Gasteiger partial charge in [-0.15, -0.1) is 0 Å². The van der Waals surface area contributed by atoms with E-state index in [2.05, 4.69) is 6.92 Å². The highest BCUT2D eigenvalue weighted by Gasteiger charge is 2.23. The van der Waals surface area contributed by atoms with Crippen molar-refractivity contribution in [1.29, 1.82) is 0 Å². The fourth-order valence-corrected chi connectivity index (χ4v) is 2.62. The lowest BCUT2D eigenvalue weighted by molar-refractivity contribution is -1.01. The Morgan fingerprint density at radius 2 is 1.74 bits per heavy atom. The quantitative estimate of drug-likeness (QED) is 0.570. The zero-order valence-corrected chi connectivity index (χ0v) is 11.8. The van der Waals surface area contributed by atoms with Gasteiger partial charge >= 0.3 is 0 Å². The Labute approximate surface area is 115 Å². The minimum absolute atomic E-state index is 0.376. The number of piperazine rings is 1. The highest BCUT2D eigenvalue weighted by atomic mass is 16.5. The molecule has 0 radical (unpaired) electrons. The van der Waals surface area contributed by atoms with Crippen LogP contribution in [0.25, 0.3) is 0 Å². The van der Waals surface area contributed by atoms with Crippen LogP contribution in [0.5, 0.6) is 5.75 Å². The first-order valence-corrected chi connectivity index (χ1v) is 7.31. The molecule has 0 aromatic heterocycles. The van der Waals surface area contributed by atoms with Crippen LogP contribution < -0.4 is 14.5 Å². The molecule has 0 amide bonds. The number of para-hydroxylation sites is 1. The SMILES string of the molecule is CC[NH+]1CC[NH+](C[C@@H](O)COc2ccccc2)CC1. The highest BCUT2D eigenvalue weighted by Crippen LogP contribution is 2.08. The maximum Gasteiger partial charge on any atom is 0.137 e. The molecule has 2 rings (SSSR count). The molecule has 1 aliphatic heterocycles. The number of quaternary nitrogens is 2. The molecule has 1 heterocycles. The number of aliphatic hydroxyl groups is 1. The van der Waals surface area contributed by atoms with Gasteiger partial charge in [-0.2, -0.15) is 0 Å². The van der Waals surface area contributed by atoms with Gasteiger partial charge in [0.25, 0.3) is 0 Å². The number of aliphatic hydroxyl groups excluding tert-OH is 1. The molecular weight excluding hydrogens is 240 g/mol. The Morgan fingerprint density at radius 3 is 2.37 bits per heavy atom. The molecule has 19 heavy (non-hydrogen) atoms. The Morgan fingerprint density at radius 1 is 1.11 bits per heavy atom. The summed E-state index contributed by atoms with van der Waals surface area (Å²) in [6.45, 7) is 9.39. The molecule has 4 heteroatoms. The van der Waals surface area contributed by atoms with Crippen molar-refractivity contribution in [2.45, 2.75) is 13.0 Å². The van der Waals surface area contributed by atoms with Gasteiger partial charge in [-0.05, 0) is 19.1 Å². The largest absolute Gasteiger partial charge is 0.491 e. The minimum Gasteiger partial charge on any atom is -0.491 e. The monoisotopic (exact) mass is 266 g/mol. The second kappa shape index (κ2) is 7.48. The zero-order chi connectivity index (χ0) is 13.5. The summed E-state index contributed by atoms with van der Waals surface area (Å²) in [4.78, 5) is 3.18. The topological polar surface area (TPSA) is 38.3 Å². The van der Waals surface area contributed by atoms with E-state index >= 15 is 0 Å². The van der Waals surface area contributed by atoms with Crippen LogP contribution in [0.2, 0.25) is 0 Å². The Bertz CT molecular complexity index is 350. The molecule has 0 saturated carbocycles. The first kappa shape index (κ1) is 14.3. The van der Waals surface area contributed by atoms with Gasteiger partial charge in [0.15, 0.2) is 0 Å².